The predicted molar refractivity (Wildman–Crippen MR) is 219 cm³/mol. The summed E-state index contributed by atoms with van der Waals surface area (Å²) in [6.07, 6.45) is 0.0295. The van der Waals surface area contributed by atoms with Crippen molar-refractivity contribution in [3.8, 4) is 46.0 Å². The van der Waals surface area contributed by atoms with Gasteiger partial charge in [-0.05, 0) is 132 Å². The van der Waals surface area contributed by atoms with Crippen molar-refractivity contribution in [1.82, 2.24) is 0 Å². The summed E-state index contributed by atoms with van der Waals surface area (Å²) in [6.45, 7) is 8.65. The molecule has 0 aromatic heterocycles. The molecule has 0 aliphatic rings. The van der Waals surface area contributed by atoms with Crippen LogP contribution in [-0.4, -0.2) is 26.5 Å². The zero-order valence-corrected chi connectivity index (χ0v) is 32.9. The van der Waals surface area contributed by atoms with E-state index >= 15 is 0 Å². The van der Waals surface area contributed by atoms with Crippen LogP contribution in [0.25, 0.3) is 0 Å². The van der Waals surface area contributed by atoms with Gasteiger partial charge in [-0.25, -0.2) is 9.59 Å². The third-order valence-corrected chi connectivity index (χ3v) is 10.5. The highest BCUT2D eigenvalue weighted by atomic mass is 16.7. The molecular formula is C48H46O9. The highest BCUT2D eigenvalue weighted by Gasteiger charge is 2.28. The third kappa shape index (κ3) is 9.56. The van der Waals surface area contributed by atoms with E-state index in [0.717, 1.165) is 46.6 Å². The van der Waals surface area contributed by atoms with Crippen LogP contribution in [0.1, 0.15) is 62.8 Å². The first kappa shape index (κ1) is 39.9. The van der Waals surface area contributed by atoms with Gasteiger partial charge >= 0.3 is 12.3 Å². The zero-order valence-electron chi connectivity index (χ0n) is 32.9. The maximum Gasteiger partial charge on any atom is 0.519 e. The van der Waals surface area contributed by atoms with Crippen LogP contribution in [-0.2, 0) is 10.8 Å². The fraction of sp³-hybridized carbons (Fsp3) is 0.208. The smallest absolute Gasteiger partial charge is 0.497 e. The van der Waals surface area contributed by atoms with Gasteiger partial charge in [-0.3, -0.25) is 0 Å². The largest absolute Gasteiger partial charge is 0.519 e. The number of ether oxygens (including phenoxy) is 7. The van der Waals surface area contributed by atoms with Crippen LogP contribution in [0.4, 0.5) is 9.59 Å². The van der Waals surface area contributed by atoms with Gasteiger partial charge in [-0.1, -0.05) is 76.2 Å². The molecule has 6 aromatic rings. The molecule has 0 N–H and O–H groups in total. The van der Waals surface area contributed by atoms with Crippen LogP contribution in [0, 0.1) is 0 Å². The Morgan fingerprint density at radius 3 is 0.807 bits per heavy atom. The Balaban J connectivity index is 0.969. The minimum Gasteiger partial charge on any atom is -0.497 e. The normalized spacial score (nSPS) is 12.9. The molecule has 57 heavy (non-hydrogen) atoms. The van der Waals surface area contributed by atoms with Crippen LogP contribution >= 0.6 is 0 Å². The highest BCUT2D eigenvalue weighted by molar-refractivity contribution is 5.68. The summed E-state index contributed by atoms with van der Waals surface area (Å²) in [5, 5.41) is 0. The Hall–Kier alpha value is -6.74. The van der Waals surface area contributed by atoms with Gasteiger partial charge in [0.2, 0.25) is 0 Å². The molecule has 9 heteroatoms. The summed E-state index contributed by atoms with van der Waals surface area (Å²) in [4.78, 5) is 25.2. The topological polar surface area (TPSA) is 98.8 Å². The van der Waals surface area contributed by atoms with Crippen molar-refractivity contribution >= 4 is 12.3 Å². The summed E-state index contributed by atoms with van der Waals surface area (Å²) >= 11 is 0. The number of hydrogen-bond acceptors (Lipinski definition) is 9. The molecule has 0 fully saturated rings. The van der Waals surface area contributed by atoms with Gasteiger partial charge in [0.15, 0.2) is 0 Å². The predicted octanol–water partition coefficient (Wildman–Crippen LogP) is 12.1. The standard InChI is InChI=1S/C48H46O9/c1-7-47(3,33-9-17-37(51-5)18-10-33)35-13-21-41(22-14-35)54-45(49)56-43-29-25-39(26-30-43)53-40-27-31-44(32-28-40)57-46(50)55-42-23-15-36(16-24-42)48(4,8-2)34-11-19-38(52-6)20-12-34/h9-32H,7-8H2,1-6H3. The zero-order chi connectivity index (χ0) is 40.4. The molecule has 0 saturated heterocycles. The molecule has 0 radical (unpaired) electrons. The number of carbonyl (C=O) groups is 2. The summed E-state index contributed by atoms with van der Waals surface area (Å²) in [7, 11) is 3.30. The molecule has 0 heterocycles. The Kier molecular flexibility index (Phi) is 12.5. The van der Waals surface area contributed by atoms with E-state index in [1.54, 1.807) is 87.0 Å². The lowest BCUT2D eigenvalue weighted by Gasteiger charge is -2.30. The van der Waals surface area contributed by atoms with Crippen LogP contribution in [0.3, 0.4) is 0 Å². The van der Waals surface area contributed by atoms with E-state index in [9.17, 15) is 9.59 Å². The molecule has 2 unspecified atom stereocenters. The SMILES string of the molecule is CCC(C)(c1ccc(OC)cc1)c1ccc(OC(=O)Oc2ccc(Oc3ccc(OC(=O)Oc4ccc(C(C)(CC)c5ccc(OC)cc5)cc4)cc3)cc2)cc1. The van der Waals surface area contributed by atoms with Crippen LogP contribution < -0.4 is 33.2 Å². The van der Waals surface area contributed by atoms with Gasteiger partial charge in [-0.15, -0.1) is 0 Å². The summed E-state index contributed by atoms with van der Waals surface area (Å²) in [5.74, 6) is 3.93. The molecule has 9 nitrogen and oxygen atoms in total. The van der Waals surface area contributed by atoms with Crippen LogP contribution in [0.5, 0.6) is 46.0 Å². The second-order valence-corrected chi connectivity index (χ2v) is 13.8. The average Bonchev–Trinajstić information content (AvgIpc) is 3.25. The van der Waals surface area contributed by atoms with E-state index in [-0.39, 0.29) is 22.3 Å². The van der Waals surface area contributed by atoms with E-state index in [0.29, 0.717) is 23.0 Å². The fourth-order valence-corrected chi connectivity index (χ4v) is 6.56. The molecule has 0 saturated carbocycles. The lowest BCUT2D eigenvalue weighted by molar-refractivity contribution is 0.150. The van der Waals surface area contributed by atoms with Crippen molar-refractivity contribution in [2.75, 3.05) is 14.2 Å². The van der Waals surface area contributed by atoms with Crippen molar-refractivity contribution in [2.24, 2.45) is 0 Å². The number of methoxy groups -OCH3 is 2. The van der Waals surface area contributed by atoms with E-state index in [2.05, 4.69) is 52.0 Å². The molecule has 0 aliphatic carbocycles. The van der Waals surface area contributed by atoms with Gasteiger partial charge in [0.1, 0.15) is 46.0 Å². The van der Waals surface area contributed by atoms with Crippen molar-refractivity contribution in [2.45, 2.75) is 51.4 Å². The minimum absolute atomic E-state index is 0.231. The lowest BCUT2D eigenvalue weighted by Crippen LogP contribution is -2.22. The van der Waals surface area contributed by atoms with Crippen molar-refractivity contribution in [3.05, 3.63) is 168 Å². The van der Waals surface area contributed by atoms with Gasteiger partial charge in [0, 0.05) is 10.8 Å². The lowest BCUT2D eigenvalue weighted by atomic mass is 9.74. The van der Waals surface area contributed by atoms with Crippen molar-refractivity contribution in [1.29, 1.82) is 0 Å². The first-order valence-corrected chi connectivity index (χ1v) is 18.7. The minimum atomic E-state index is -0.861. The van der Waals surface area contributed by atoms with E-state index in [4.69, 9.17) is 33.2 Å². The maximum atomic E-state index is 12.6. The number of benzene rings is 6. The molecule has 0 aliphatic heterocycles. The van der Waals surface area contributed by atoms with Crippen molar-refractivity contribution in [3.63, 3.8) is 0 Å². The molecule has 6 rings (SSSR count). The first-order valence-electron chi connectivity index (χ1n) is 18.7. The maximum absolute atomic E-state index is 12.6. The van der Waals surface area contributed by atoms with Gasteiger partial charge in [0.25, 0.3) is 0 Å². The van der Waals surface area contributed by atoms with Gasteiger partial charge < -0.3 is 33.2 Å². The van der Waals surface area contributed by atoms with Crippen LogP contribution in [0.2, 0.25) is 0 Å². The Labute approximate surface area is 333 Å². The fourth-order valence-electron chi connectivity index (χ4n) is 6.56. The Bertz CT molecular complexity index is 2070. The van der Waals surface area contributed by atoms with Crippen molar-refractivity contribution < 1.29 is 42.7 Å². The summed E-state index contributed by atoms with van der Waals surface area (Å²) in [6, 6.07) is 44.0. The second kappa shape index (κ2) is 17.8. The number of rotatable bonds is 14. The van der Waals surface area contributed by atoms with Crippen LogP contribution in [0.15, 0.2) is 146 Å². The van der Waals surface area contributed by atoms with E-state index < -0.39 is 12.3 Å². The third-order valence-electron chi connectivity index (χ3n) is 10.5. The molecule has 2 atom stereocenters. The van der Waals surface area contributed by atoms with Gasteiger partial charge in [-0.2, -0.15) is 0 Å². The number of hydrogen-bond donors (Lipinski definition) is 0. The first-order chi connectivity index (χ1) is 27.5. The summed E-state index contributed by atoms with van der Waals surface area (Å²) in [5.41, 5.74) is 4.05. The molecule has 0 spiro atoms. The molecule has 292 valence electrons. The molecule has 0 bridgehead atoms. The van der Waals surface area contributed by atoms with E-state index in [1.165, 1.54) is 0 Å². The highest BCUT2D eigenvalue weighted by Crippen LogP contribution is 2.38. The van der Waals surface area contributed by atoms with Gasteiger partial charge in [0.05, 0.1) is 14.2 Å². The Morgan fingerprint density at radius 2 is 0.579 bits per heavy atom. The van der Waals surface area contributed by atoms with E-state index in [1.807, 2.05) is 48.5 Å². The second-order valence-electron chi connectivity index (χ2n) is 13.8. The molecular weight excluding hydrogens is 721 g/mol. The summed E-state index contributed by atoms with van der Waals surface area (Å²) < 4.78 is 38.2. The number of carbonyl (C=O) groups excluding carboxylic acids is 2. The Morgan fingerprint density at radius 1 is 0.368 bits per heavy atom. The molecule has 6 aromatic carbocycles. The quantitative estimate of drug-likeness (QED) is 0.0792. The monoisotopic (exact) mass is 766 g/mol. The molecule has 0 amide bonds. The average molecular weight is 767 g/mol.